The van der Waals surface area contributed by atoms with Crippen LogP contribution in [0.4, 0.5) is 0 Å². The fourth-order valence-electron chi connectivity index (χ4n) is 6.04. The van der Waals surface area contributed by atoms with Crippen molar-refractivity contribution >= 4 is 72.2 Å². The molecule has 0 heterocycles. The van der Waals surface area contributed by atoms with Crippen molar-refractivity contribution in [3.05, 3.63) is 146 Å². The number of benzene rings is 8. The zero-order valence-electron chi connectivity index (χ0n) is 26.7. The molecule has 8 aromatic rings. The van der Waals surface area contributed by atoms with Crippen LogP contribution in [0.15, 0.2) is 146 Å². The van der Waals surface area contributed by atoms with Gasteiger partial charge in [0, 0.05) is 0 Å². The third-order valence-corrected chi connectivity index (χ3v) is 8.69. The van der Waals surface area contributed by atoms with Gasteiger partial charge in [-0.25, -0.2) is 0 Å². The summed E-state index contributed by atoms with van der Waals surface area (Å²) in [4.78, 5) is 4.31. The minimum absolute atomic E-state index is 1.07. The first-order valence-corrected chi connectivity index (χ1v) is 15.9. The Morgan fingerprint density at radius 1 is 0.333 bits per heavy atom. The molecule has 0 bridgehead atoms. The molecule has 0 atom stereocenters. The maximum Gasteiger partial charge on any atom is 0.312 e. The van der Waals surface area contributed by atoms with Crippen LogP contribution in [0.3, 0.4) is 0 Å². The van der Waals surface area contributed by atoms with Gasteiger partial charge in [-0.05, 0) is 91.8 Å². The Morgan fingerprint density at radius 2 is 0.578 bits per heavy atom. The third-order valence-electron chi connectivity index (χ3n) is 8.69. The Bertz CT molecular complexity index is 1910. The smallest absolute Gasteiger partial charge is 0.312 e. The molecular weight excluding hydrogens is 543 g/mol. The second kappa shape index (κ2) is 13.9. The summed E-state index contributed by atoms with van der Waals surface area (Å²) in [6.07, 6.45) is 0. The summed E-state index contributed by atoms with van der Waals surface area (Å²) in [7, 11) is 6.26. The molecule has 1 radical (unpaired) electrons. The number of rotatable bonds is 4. The van der Waals surface area contributed by atoms with Crippen LogP contribution in [0, 0.1) is 0 Å². The van der Waals surface area contributed by atoms with Gasteiger partial charge in [0.1, 0.15) is 0 Å². The first-order valence-electron chi connectivity index (χ1n) is 15.9. The van der Waals surface area contributed by atoms with Gasteiger partial charge in [-0.2, -0.15) is 0 Å². The summed E-state index contributed by atoms with van der Waals surface area (Å²) < 4.78 is 0. The molecule has 221 valence electrons. The highest BCUT2D eigenvalue weighted by molar-refractivity contribution is 6.28. The molecule has 45 heavy (non-hydrogen) atoms. The maximum absolute atomic E-state index is 2.24. The lowest BCUT2D eigenvalue weighted by atomic mass is 9.97. The molecule has 8 rings (SSSR count). The van der Waals surface area contributed by atoms with E-state index < -0.39 is 0 Å². The van der Waals surface area contributed by atoms with Crippen LogP contribution in [0.2, 0.25) is 0 Å². The summed E-state index contributed by atoms with van der Waals surface area (Å²) in [5, 5.41) is 15.9. The van der Waals surface area contributed by atoms with Crippen molar-refractivity contribution in [1.29, 1.82) is 0 Å². The minimum atomic E-state index is 1.07. The highest BCUT2D eigenvalue weighted by Crippen LogP contribution is 2.32. The summed E-state index contributed by atoms with van der Waals surface area (Å²) in [6.45, 7) is 6.43. The van der Waals surface area contributed by atoms with Crippen molar-refractivity contribution in [2.24, 2.45) is 0 Å². The third kappa shape index (κ3) is 6.56. The van der Waals surface area contributed by atoms with Crippen molar-refractivity contribution in [1.82, 2.24) is 9.62 Å². The summed E-state index contributed by atoms with van der Waals surface area (Å²) in [6, 6.07) is 52.1. The lowest BCUT2D eigenvalue weighted by Crippen LogP contribution is -2.36. The molecule has 3 heteroatoms. The van der Waals surface area contributed by atoms with E-state index in [1.165, 1.54) is 64.6 Å². The van der Waals surface area contributed by atoms with Crippen molar-refractivity contribution in [3.8, 4) is 0 Å². The first-order chi connectivity index (χ1) is 22.1. The van der Waals surface area contributed by atoms with E-state index in [0.717, 1.165) is 13.1 Å². The highest BCUT2D eigenvalue weighted by Gasteiger charge is 2.05. The van der Waals surface area contributed by atoms with Gasteiger partial charge in [-0.15, -0.1) is 0 Å². The summed E-state index contributed by atoms with van der Waals surface area (Å²) >= 11 is 0. The SMILES string of the molecule is CCN(C)[B]N(C)CC.c1ccc2c(c1)ccc1c3ccccc3ccc21.c1ccc2c(c1)ccc1c3ccccc3ccc21. The summed E-state index contributed by atoms with van der Waals surface area (Å²) in [5.41, 5.74) is 0. The first kappa shape index (κ1) is 30.3. The van der Waals surface area contributed by atoms with Crippen LogP contribution in [0.1, 0.15) is 13.8 Å². The zero-order valence-corrected chi connectivity index (χ0v) is 26.7. The fourth-order valence-corrected chi connectivity index (χ4v) is 6.04. The van der Waals surface area contributed by atoms with Gasteiger partial charge >= 0.3 is 7.55 Å². The zero-order chi connectivity index (χ0) is 31.2. The van der Waals surface area contributed by atoms with E-state index in [9.17, 15) is 0 Å². The highest BCUT2D eigenvalue weighted by atomic mass is 15.1. The number of fused-ring (bicyclic) bond motifs is 10. The van der Waals surface area contributed by atoms with Crippen LogP contribution in [-0.2, 0) is 0 Å². The topological polar surface area (TPSA) is 6.48 Å². The van der Waals surface area contributed by atoms with Crippen molar-refractivity contribution in [2.45, 2.75) is 13.8 Å². The van der Waals surface area contributed by atoms with Gasteiger partial charge in [-0.1, -0.05) is 159 Å². The van der Waals surface area contributed by atoms with Gasteiger partial charge in [-0.3, -0.25) is 0 Å². The van der Waals surface area contributed by atoms with E-state index in [4.69, 9.17) is 0 Å². The molecule has 0 aromatic heterocycles. The van der Waals surface area contributed by atoms with E-state index in [-0.39, 0.29) is 0 Å². The molecule has 8 aromatic carbocycles. The monoisotopic (exact) mass is 583 g/mol. The predicted molar refractivity (Wildman–Crippen MR) is 200 cm³/mol. The van der Waals surface area contributed by atoms with Crippen LogP contribution in [-0.4, -0.2) is 44.4 Å². The molecule has 0 fully saturated rings. The van der Waals surface area contributed by atoms with Crippen LogP contribution >= 0.6 is 0 Å². The second-order valence-corrected chi connectivity index (χ2v) is 11.6. The quantitative estimate of drug-likeness (QED) is 0.150. The van der Waals surface area contributed by atoms with Gasteiger partial charge in [0.25, 0.3) is 0 Å². The molecule has 0 aliphatic carbocycles. The molecule has 0 N–H and O–H groups in total. The number of nitrogens with zero attached hydrogens (tertiary/aromatic N) is 2. The Balaban J connectivity index is 0.000000127. The van der Waals surface area contributed by atoms with E-state index >= 15 is 0 Å². The standard InChI is InChI=1S/2C18H12.C6H16BN2/c2*1-3-7-15-13(5-1)9-11-18-16-8-4-2-6-14(16)10-12-17(15)18;1-5-8(3)7-9(4)6-2/h2*1-12H;5-6H2,1-4H3. The molecule has 0 spiro atoms. The van der Waals surface area contributed by atoms with E-state index in [2.05, 4.69) is 191 Å². The molecule has 0 amide bonds. The van der Waals surface area contributed by atoms with E-state index in [1.807, 2.05) is 0 Å². The molecule has 0 aliphatic heterocycles. The molecule has 0 aliphatic rings. The van der Waals surface area contributed by atoms with E-state index in [0.29, 0.717) is 0 Å². The van der Waals surface area contributed by atoms with Crippen LogP contribution in [0.25, 0.3) is 64.6 Å². The van der Waals surface area contributed by atoms with Gasteiger partial charge < -0.3 is 9.62 Å². The minimum Gasteiger partial charge on any atom is -0.335 e. The largest absolute Gasteiger partial charge is 0.335 e. The number of hydrogen-bond donors (Lipinski definition) is 0. The Hall–Kier alpha value is -4.70. The van der Waals surface area contributed by atoms with Gasteiger partial charge in [0.15, 0.2) is 0 Å². The Morgan fingerprint density at radius 3 is 0.822 bits per heavy atom. The molecule has 2 nitrogen and oxygen atoms in total. The van der Waals surface area contributed by atoms with Crippen molar-refractivity contribution in [2.75, 3.05) is 27.2 Å². The van der Waals surface area contributed by atoms with Crippen LogP contribution < -0.4 is 0 Å². The van der Waals surface area contributed by atoms with Gasteiger partial charge in [0.2, 0.25) is 0 Å². The maximum atomic E-state index is 2.24. The van der Waals surface area contributed by atoms with E-state index in [1.54, 1.807) is 0 Å². The van der Waals surface area contributed by atoms with Crippen molar-refractivity contribution in [3.63, 3.8) is 0 Å². The predicted octanol–water partition coefficient (Wildman–Crippen LogP) is 10.7. The average molecular weight is 584 g/mol. The van der Waals surface area contributed by atoms with Gasteiger partial charge in [0.05, 0.1) is 0 Å². The Kier molecular flexibility index (Phi) is 9.40. The second-order valence-electron chi connectivity index (χ2n) is 11.6. The summed E-state index contributed by atoms with van der Waals surface area (Å²) in [5.74, 6) is 0. The molecule has 0 unspecified atom stereocenters. The van der Waals surface area contributed by atoms with Crippen molar-refractivity contribution < 1.29 is 0 Å². The molecule has 0 saturated heterocycles. The van der Waals surface area contributed by atoms with Crippen LogP contribution in [0.5, 0.6) is 0 Å². The average Bonchev–Trinajstić information content (AvgIpc) is 3.11. The molecular formula is C42H40BN2. The lowest BCUT2D eigenvalue weighted by Gasteiger charge is -2.18. The normalized spacial score (nSPS) is 11.2. The fraction of sp³-hybridized carbons (Fsp3) is 0.143. The Labute approximate surface area is 267 Å². The molecule has 0 saturated carbocycles. The number of hydrogen-bond acceptors (Lipinski definition) is 2. The lowest BCUT2D eigenvalue weighted by molar-refractivity contribution is 0.467.